The minimum Gasteiger partial charge on any atom is -0.508 e. The lowest BCUT2D eigenvalue weighted by Crippen LogP contribution is -2.48. The van der Waals surface area contributed by atoms with E-state index >= 15 is 0 Å². The molecule has 254 valence electrons. The van der Waals surface area contributed by atoms with Crippen molar-refractivity contribution in [1.82, 2.24) is 9.80 Å². The highest BCUT2D eigenvalue weighted by Gasteiger charge is 2.58. The number of carbonyl (C=O) groups is 2. The molecule has 4 aliphatic rings. The molecule has 3 heterocycles. The first-order valence-electron chi connectivity index (χ1n) is 18.1. The van der Waals surface area contributed by atoms with E-state index in [1.165, 1.54) is 11.1 Å². The highest BCUT2D eigenvalue weighted by Crippen LogP contribution is 2.52. The number of hydrogen-bond donors (Lipinski definition) is 2. The van der Waals surface area contributed by atoms with Gasteiger partial charge in [-0.3, -0.25) is 19.4 Å². The molecule has 0 radical (unpaired) electrons. The highest BCUT2D eigenvalue weighted by atomic mass is 16.5. The molecule has 4 atom stereocenters. The summed E-state index contributed by atoms with van der Waals surface area (Å²) in [7, 11) is -0.992. The van der Waals surface area contributed by atoms with Gasteiger partial charge in [0.05, 0.1) is 17.9 Å². The minimum absolute atomic E-state index is 0.0119. The van der Waals surface area contributed by atoms with Gasteiger partial charge in [-0.25, -0.2) is 0 Å². The molecule has 3 aromatic carbocycles. The molecule has 0 aromatic heterocycles. The van der Waals surface area contributed by atoms with Crippen LogP contribution in [-0.2, 0) is 20.8 Å². The van der Waals surface area contributed by atoms with Crippen LogP contribution in [0.5, 0.6) is 5.75 Å². The minimum atomic E-state index is -0.992. The van der Waals surface area contributed by atoms with Crippen molar-refractivity contribution in [2.45, 2.75) is 76.9 Å². The van der Waals surface area contributed by atoms with Crippen LogP contribution in [0.1, 0.15) is 68.6 Å². The second kappa shape index (κ2) is 14.9. The van der Waals surface area contributed by atoms with Crippen molar-refractivity contribution < 1.29 is 24.4 Å². The lowest BCUT2D eigenvalue weighted by Gasteiger charge is -2.43. The molecule has 2 N–H and O–H groups in total. The van der Waals surface area contributed by atoms with Crippen LogP contribution in [0.4, 0.5) is 0 Å². The van der Waals surface area contributed by atoms with Crippen LogP contribution in [0, 0.1) is 17.8 Å². The third-order valence-electron chi connectivity index (χ3n) is 11.1. The van der Waals surface area contributed by atoms with Crippen LogP contribution in [-0.4, -0.2) is 64.1 Å². The SMILES string of the molecule is CCCC1=C2[C@@H](CC/C(=C/c3cccc(O)c3)c3ccccc3)OB(O)C[C@@H]2[C@@H]2C(=O)N(C3CCN(Cc4ccccc4)CC3)C(=O)[C@@H]2C1. The summed E-state index contributed by atoms with van der Waals surface area (Å²) >= 11 is 0. The van der Waals surface area contributed by atoms with E-state index in [9.17, 15) is 19.7 Å². The smallest absolute Gasteiger partial charge is 0.455 e. The number of amides is 2. The summed E-state index contributed by atoms with van der Waals surface area (Å²) in [6.07, 6.45) is 7.40. The van der Waals surface area contributed by atoms with E-state index in [0.717, 1.165) is 67.6 Å². The van der Waals surface area contributed by atoms with E-state index in [0.29, 0.717) is 25.6 Å². The molecule has 3 aliphatic heterocycles. The van der Waals surface area contributed by atoms with Gasteiger partial charge in [0, 0.05) is 25.7 Å². The molecule has 0 saturated carbocycles. The summed E-state index contributed by atoms with van der Waals surface area (Å²) in [4.78, 5) is 32.5. The van der Waals surface area contributed by atoms with Gasteiger partial charge in [-0.2, -0.15) is 0 Å². The molecule has 1 aliphatic carbocycles. The molecule has 0 unspecified atom stereocenters. The zero-order valence-electron chi connectivity index (χ0n) is 28.4. The number of allylic oxidation sites excluding steroid dienone is 2. The van der Waals surface area contributed by atoms with Crippen molar-refractivity contribution in [1.29, 1.82) is 0 Å². The van der Waals surface area contributed by atoms with Crippen LogP contribution in [0.15, 0.2) is 96.1 Å². The number of imide groups is 1. The number of hydrogen-bond acceptors (Lipinski definition) is 6. The van der Waals surface area contributed by atoms with E-state index in [2.05, 4.69) is 54.3 Å². The number of rotatable bonds is 10. The van der Waals surface area contributed by atoms with Crippen molar-refractivity contribution >= 4 is 30.6 Å². The van der Waals surface area contributed by atoms with Crippen LogP contribution in [0.25, 0.3) is 11.6 Å². The van der Waals surface area contributed by atoms with Gasteiger partial charge < -0.3 is 14.8 Å². The number of fused-ring (bicyclic) bond motifs is 3. The summed E-state index contributed by atoms with van der Waals surface area (Å²) in [6, 6.07) is 27.8. The van der Waals surface area contributed by atoms with Gasteiger partial charge in [0.15, 0.2) is 0 Å². The molecule has 0 spiro atoms. The molecule has 0 bridgehead atoms. The molecule has 7 rings (SSSR count). The topological polar surface area (TPSA) is 90.3 Å². The standard InChI is InChI=1S/C41H47BN2O5/c1-2-10-32-25-35-39(41(47)44(40(35)46)33-19-21-43(22-20-33)27-28-11-5-3-6-12-28)36-26-42(48)49-37(38(32)36)18-17-31(30-14-7-4-8-15-30)23-29-13-9-16-34(45)24-29/h3-9,11-16,23-24,33,35-37,39,45,48H,2,10,17-22,25-27H2,1H3/b31-23-/t35-,36+,37-,39-/m1/s1. The second-order valence-electron chi connectivity index (χ2n) is 14.3. The van der Waals surface area contributed by atoms with Crippen LogP contribution in [0.2, 0.25) is 6.32 Å². The van der Waals surface area contributed by atoms with Gasteiger partial charge in [0.2, 0.25) is 11.8 Å². The number of carbonyl (C=O) groups excluding carboxylic acids is 2. The number of phenolic OH excluding ortho intramolecular Hbond substituents is 1. The maximum absolute atomic E-state index is 14.4. The summed E-state index contributed by atoms with van der Waals surface area (Å²) in [5, 5.41) is 21.2. The monoisotopic (exact) mass is 658 g/mol. The molecule has 2 amide bonds. The normalized spacial score (nSPS) is 25.1. The molecular weight excluding hydrogens is 611 g/mol. The quantitative estimate of drug-likeness (QED) is 0.106. The zero-order valence-corrected chi connectivity index (χ0v) is 28.4. The van der Waals surface area contributed by atoms with Crippen LogP contribution in [0.3, 0.4) is 0 Å². The Bertz CT molecular complexity index is 1700. The predicted octanol–water partition coefficient (Wildman–Crippen LogP) is 6.97. The van der Waals surface area contributed by atoms with E-state index < -0.39 is 13.0 Å². The van der Waals surface area contributed by atoms with E-state index in [4.69, 9.17) is 4.65 Å². The maximum atomic E-state index is 14.4. The van der Waals surface area contributed by atoms with Gasteiger partial charge >= 0.3 is 7.12 Å². The molecular formula is C41H47BN2O5. The summed E-state index contributed by atoms with van der Waals surface area (Å²) in [5.41, 5.74) is 6.78. The van der Waals surface area contributed by atoms with Crippen LogP contribution >= 0.6 is 0 Å². The Labute approximate surface area is 290 Å². The largest absolute Gasteiger partial charge is 0.508 e. The Morgan fingerprint density at radius 1 is 0.939 bits per heavy atom. The average molecular weight is 659 g/mol. The summed E-state index contributed by atoms with van der Waals surface area (Å²) in [6.45, 7) is 4.75. The van der Waals surface area contributed by atoms with Gasteiger partial charge in [0.1, 0.15) is 5.75 Å². The first-order valence-corrected chi connectivity index (χ1v) is 18.1. The Balaban J connectivity index is 1.11. The molecule has 3 fully saturated rings. The lowest BCUT2D eigenvalue weighted by molar-refractivity contribution is -0.144. The van der Waals surface area contributed by atoms with Gasteiger partial charge in [-0.1, -0.05) is 97.8 Å². The fourth-order valence-electron chi connectivity index (χ4n) is 8.92. The zero-order chi connectivity index (χ0) is 33.9. The first kappa shape index (κ1) is 33.5. The van der Waals surface area contributed by atoms with Crippen molar-refractivity contribution in [2.75, 3.05) is 13.1 Å². The first-order chi connectivity index (χ1) is 23.9. The molecule has 49 heavy (non-hydrogen) atoms. The Kier molecular flexibility index (Phi) is 10.2. The molecule has 3 saturated heterocycles. The van der Waals surface area contributed by atoms with Gasteiger partial charge in [-0.05, 0) is 90.7 Å². The Hall–Kier alpha value is -3.98. The molecule has 3 aromatic rings. The molecule has 7 nitrogen and oxygen atoms in total. The summed E-state index contributed by atoms with van der Waals surface area (Å²) < 4.78 is 6.32. The Morgan fingerprint density at radius 3 is 2.39 bits per heavy atom. The van der Waals surface area contributed by atoms with Gasteiger partial charge in [0.25, 0.3) is 0 Å². The van der Waals surface area contributed by atoms with Gasteiger partial charge in [-0.15, -0.1) is 0 Å². The molecule has 8 heteroatoms. The number of benzene rings is 3. The predicted molar refractivity (Wildman–Crippen MR) is 193 cm³/mol. The van der Waals surface area contributed by atoms with E-state index in [-0.39, 0.29) is 41.5 Å². The Morgan fingerprint density at radius 2 is 1.67 bits per heavy atom. The van der Waals surface area contributed by atoms with Crippen molar-refractivity contribution in [3.05, 3.63) is 113 Å². The fourth-order valence-corrected chi connectivity index (χ4v) is 8.92. The van der Waals surface area contributed by atoms with E-state index in [1.807, 2.05) is 36.4 Å². The highest BCUT2D eigenvalue weighted by molar-refractivity contribution is 6.43. The maximum Gasteiger partial charge on any atom is 0.455 e. The second-order valence-corrected chi connectivity index (χ2v) is 14.3. The van der Waals surface area contributed by atoms with Crippen molar-refractivity contribution in [2.24, 2.45) is 17.8 Å². The number of nitrogens with zero attached hydrogens (tertiary/aromatic N) is 2. The van der Waals surface area contributed by atoms with E-state index in [1.54, 1.807) is 17.0 Å². The lowest BCUT2D eigenvalue weighted by atomic mass is 9.58. The van der Waals surface area contributed by atoms with Crippen LogP contribution < -0.4 is 0 Å². The third kappa shape index (κ3) is 7.19. The summed E-state index contributed by atoms with van der Waals surface area (Å²) in [5.74, 6) is -0.844. The van der Waals surface area contributed by atoms with Crippen molar-refractivity contribution in [3.8, 4) is 5.75 Å². The van der Waals surface area contributed by atoms with Crippen molar-refractivity contribution in [3.63, 3.8) is 0 Å². The number of piperidine rings is 1. The number of likely N-dealkylation sites (tertiary alicyclic amines) is 2. The number of aromatic hydroxyl groups is 1. The third-order valence-corrected chi connectivity index (χ3v) is 11.1. The average Bonchev–Trinajstić information content (AvgIpc) is 3.36. The fraction of sp³-hybridized carbons (Fsp3) is 0.415. The number of phenols is 1.